The van der Waals surface area contributed by atoms with E-state index >= 15 is 0 Å². The Morgan fingerprint density at radius 3 is 2.83 bits per heavy atom. The highest BCUT2D eigenvalue weighted by molar-refractivity contribution is 5.91. The molecule has 1 amide bonds. The molecule has 1 aromatic carbocycles. The van der Waals surface area contributed by atoms with Gasteiger partial charge in [0.2, 0.25) is 5.91 Å². The second-order valence-electron chi connectivity index (χ2n) is 5.36. The fourth-order valence-corrected chi connectivity index (χ4v) is 2.25. The van der Waals surface area contributed by atoms with Gasteiger partial charge in [0.25, 0.3) is 0 Å². The minimum Gasteiger partial charge on any atom is -0.508 e. The first kappa shape index (κ1) is 17.0. The van der Waals surface area contributed by atoms with Crippen LogP contribution in [0.15, 0.2) is 36.5 Å². The second-order valence-corrected chi connectivity index (χ2v) is 5.36. The van der Waals surface area contributed by atoms with Crippen LogP contribution in [0.5, 0.6) is 5.75 Å². The quantitative estimate of drug-likeness (QED) is 0.712. The molecule has 0 bridgehead atoms. The number of rotatable bonds is 7. The summed E-state index contributed by atoms with van der Waals surface area (Å²) in [5.74, 6) is 0.424. The Hall–Kier alpha value is -2.38. The van der Waals surface area contributed by atoms with Crippen molar-refractivity contribution in [3.05, 3.63) is 42.1 Å². The lowest BCUT2D eigenvalue weighted by molar-refractivity contribution is -0.117. The summed E-state index contributed by atoms with van der Waals surface area (Å²) in [5.41, 5.74) is 0.619. The third-order valence-corrected chi connectivity index (χ3v) is 3.48. The Bertz CT molecular complexity index is 656. The molecule has 0 saturated carbocycles. The first-order valence-corrected chi connectivity index (χ1v) is 7.46. The summed E-state index contributed by atoms with van der Waals surface area (Å²) in [4.78, 5) is 13.9. The van der Waals surface area contributed by atoms with Gasteiger partial charge in [0, 0.05) is 25.9 Å². The highest BCUT2D eigenvalue weighted by Gasteiger charge is 2.16. The van der Waals surface area contributed by atoms with Crippen LogP contribution in [0.1, 0.15) is 18.6 Å². The van der Waals surface area contributed by atoms with Crippen molar-refractivity contribution in [2.24, 2.45) is 7.05 Å². The van der Waals surface area contributed by atoms with Crippen molar-refractivity contribution in [1.29, 1.82) is 0 Å². The van der Waals surface area contributed by atoms with Gasteiger partial charge in [0.15, 0.2) is 5.82 Å². The number of hydrogen-bond donors (Lipinski definition) is 3. The molecule has 0 radical (unpaired) electrons. The number of aromatic hydroxyl groups is 1. The summed E-state index contributed by atoms with van der Waals surface area (Å²) in [6, 6.07) is 8.21. The van der Waals surface area contributed by atoms with Gasteiger partial charge in [-0.1, -0.05) is 19.1 Å². The molecular weight excluding hydrogens is 296 g/mol. The Morgan fingerprint density at radius 2 is 2.22 bits per heavy atom. The Kier molecular flexibility index (Phi) is 5.72. The molecule has 0 aliphatic carbocycles. The number of anilines is 1. The van der Waals surface area contributed by atoms with Crippen molar-refractivity contribution in [1.82, 2.24) is 14.7 Å². The summed E-state index contributed by atoms with van der Waals surface area (Å²) in [7, 11) is 1.78. The maximum atomic E-state index is 12.0. The number of carbonyl (C=O) groups excluding carboxylic acids is 1. The molecule has 0 unspecified atom stereocenters. The van der Waals surface area contributed by atoms with Crippen molar-refractivity contribution in [2.45, 2.75) is 13.0 Å². The summed E-state index contributed by atoms with van der Waals surface area (Å²) < 4.78 is 1.61. The molecule has 2 aromatic rings. The van der Waals surface area contributed by atoms with Crippen LogP contribution in [0.4, 0.5) is 5.82 Å². The van der Waals surface area contributed by atoms with Gasteiger partial charge in [0.1, 0.15) is 5.75 Å². The van der Waals surface area contributed by atoms with E-state index in [1.807, 2.05) is 11.8 Å². The molecule has 3 N–H and O–H groups in total. The van der Waals surface area contributed by atoms with Crippen molar-refractivity contribution >= 4 is 11.7 Å². The highest BCUT2D eigenvalue weighted by atomic mass is 16.3. The zero-order valence-electron chi connectivity index (χ0n) is 13.3. The smallest absolute Gasteiger partial charge is 0.239 e. The second kappa shape index (κ2) is 7.75. The van der Waals surface area contributed by atoms with Crippen LogP contribution in [-0.4, -0.2) is 50.4 Å². The number of carbonyl (C=O) groups is 1. The SMILES string of the molecule is CCN(CC(=O)Nc1ccn(C)n1)C[C@@H](O)c1cccc(O)c1. The van der Waals surface area contributed by atoms with Crippen LogP contribution >= 0.6 is 0 Å². The van der Waals surface area contributed by atoms with Gasteiger partial charge in [-0.15, -0.1) is 0 Å². The molecular formula is C16H22N4O3. The van der Waals surface area contributed by atoms with Crippen molar-refractivity contribution < 1.29 is 15.0 Å². The lowest BCUT2D eigenvalue weighted by atomic mass is 10.1. The minimum atomic E-state index is -0.773. The zero-order chi connectivity index (χ0) is 16.8. The number of nitrogens with one attached hydrogen (secondary N) is 1. The summed E-state index contributed by atoms with van der Waals surface area (Å²) >= 11 is 0. The number of likely N-dealkylation sites (N-methyl/N-ethyl adjacent to an activating group) is 1. The van der Waals surface area contributed by atoms with Crippen LogP contribution in [0.25, 0.3) is 0 Å². The molecule has 7 nitrogen and oxygen atoms in total. The average molecular weight is 318 g/mol. The number of aliphatic hydroxyl groups excluding tert-OH is 1. The predicted molar refractivity (Wildman–Crippen MR) is 87.0 cm³/mol. The fraction of sp³-hybridized carbons (Fsp3) is 0.375. The summed E-state index contributed by atoms with van der Waals surface area (Å²) in [6.07, 6.45) is 0.975. The van der Waals surface area contributed by atoms with Crippen molar-refractivity contribution in [2.75, 3.05) is 25.0 Å². The molecule has 1 heterocycles. The number of aliphatic hydroxyl groups is 1. The molecule has 2 rings (SSSR count). The van der Waals surface area contributed by atoms with Crippen LogP contribution in [-0.2, 0) is 11.8 Å². The fourth-order valence-electron chi connectivity index (χ4n) is 2.25. The minimum absolute atomic E-state index is 0.109. The van der Waals surface area contributed by atoms with E-state index in [1.54, 1.807) is 42.2 Å². The van der Waals surface area contributed by atoms with E-state index in [4.69, 9.17) is 0 Å². The molecule has 0 spiro atoms. The molecule has 23 heavy (non-hydrogen) atoms. The maximum absolute atomic E-state index is 12.0. The standard InChI is InChI=1S/C16H22N4O3/c1-3-20(10-14(22)12-5-4-6-13(21)9-12)11-16(23)17-15-7-8-19(2)18-15/h4-9,14,21-22H,3,10-11H2,1-2H3,(H,17,18,23)/t14-/m1/s1. The van der Waals surface area contributed by atoms with Gasteiger partial charge >= 0.3 is 0 Å². The third kappa shape index (κ3) is 5.08. The van der Waals surface area contributed by atoms with Crippen LogP contribution in [0, 0.1) is 0 Å². The molecule has 1 atom stereocenters. The van der Waals surface area contributed by atoms with Gasteiger partial charge in [-0.3, -0.25) is 14.4 Å². The number of phenolic OH excluding ortho intramolecular Hbond substituents is 1. The van der Waals surface area contributed by atoms with Gasteiger partial charge < -0.3 is 15.5 Å². The first-order chi connectivity index (χ1) is 11.0. The van der Waals surface area contributed by atoms with E-state index in [-0.39, 0.29) is 18.2 Å². The lowest BCUT2D eigenvalue weighted by Gasteiger charge is -2.23. The topological polar surface area (TPSA) is 90.6 Å². The number of amides is 1. The van der Waals surface area contributed by atoms with Crippen LogP contribution in [0.3, 0.4) is 0 Å². The van der Waals surface area contributed by atoms with E-state index in [0.29, 0.717) is 24.5 Å². The van der Waals surface area contributed by atoms with Gasteiger partial charge in [0.05, 0.1) is 12.6 Å². The van der Waals surface area contributed by atoms with E-state index in [1.165, 1.54) is 6.07 Å². The third-order valence-electron chi connectivity index (χ3n) is 3.48. The Balaban J connectivity index is 1.90. The number of nitrogens with zero attached hydrogens (tertiary/aromatic N) is 3. The number of aromatic nitrogens is 2. The van der Waals surface area contributed by atoms with E-state index in [0.717, 1.165) is 0 Å². The molecule has 1 aromatic heterocycles. The van der Waals surface area contributed by atoms with E-state index < -0.39 is 6.10 Å². The average Bonchev–Trinajstić information content (AvgIpc) is 2.91. The zero-order valence-corrected chi connectivity index (χ0v) is 13.3. The molecule has 0 saturated heterocycles. The lowest BCUT2D eigenvalue weighted by Crippen LogP contribution is -2.36. The number of hydrogen-bond acceptors (Lipinski definition) is 5. The predicted octanol–water partition coefficient (Wildman–Crippen LogP) is 1.12. The molecule has 7 heteroatoms. The molecule has 124 valence electrons. The normalized spacial score (nSPS) is 12.3. The van der Waals surface area contributed by atoms with Gasteiger partial charge in [-0.2, -0.15) is 5.10 Å². The van der Waals surface area contributed by atoms with Crippen LogP contribution in [0.2, 0.25) is 0 Å². The van der Waals surface area contributed by atoms with Crippen LogP contribution < -0.4 is 5.32 Å². The van der Waals surface area contributed by atoms with E-state index in [9.17, 15) is 15.0 Å². The Morgan fingerprint density at radius 1 is 1.43 bits per heavy atom. The highest BCUT2D eigenvalue weighted by Crippen LogP contribution is 2.19. The summed E-state index contributed by atoms with van der Waals surface area (Å²) in [6.45, 7) is 2.99. The molecule has 0 aliphatic rings. The Labute approximate surface area is 135 Å². The van der Waals surface area contributed by atoms with E-state index in [2.05, 4.69) is 10.4 Å². The molecule has 0 aliphatic heterocycles. The first-order valence-electron chi connectivity index (χ1n) is 7.46. The van der Waals surface area contributed by atoms with Gasteiger partial charge in [-0.25, -0.2) is 0 Å². The number of aryl methyl sites for hydroxylation is 1. The number of phenols is 1. The monoisotopic (exact) mass is 318 g/mol. The maximum Gasteiger partial charge on any atom is 0.239 e. The summed E-state index contributed by atoms with van der Waals surface area (Å²) in [5, 5.41) is 26.5. The largest absolute Gasteiger partial charge is 0.508 e. The van der Waals surface area contributed by atoms with Gasteiger partial charge in [-0.05, 0) is 24.2 Å². The molecule has 0 fully saturated rings. The van der Waals surface area contributed by atoms with Crippen molar-refractivity contribution in [3.63, 3.8) is 0 Å². The van der Waals surface area contributed by atoms with Crippen molar-refractivity contribution in [3.8, 4) is 5.75 Å². The number of benzene rings is 1.